The third kappa shape index (κ3) is 6.44. The molecular formula is C37H27ClFN3O3S. The van der Waals surface area contributed by atoms with Gasteiger partial charge in [-0.05, 0) is 67.6 Å². The molecule has 0 radical (unpaired) electrons. The van der Waals surface area contributed by atoms with Gasteiger partial charge in [-0.2, -0.15) is 0 Å². The number of para-hydroxylation sites is 2. The Hall–Kier alpha value is -5.18. The highest BCUT2D eigenvalue weighted by molar-refractivity contribution is 8.00. The molecule has 6 aromatic rings. The van der Waals surface area contributed by atoms with E-state index < -0.39 is 22.9 Å². The van der Waals surface area contributed by atoms with Crippen LogP contribution >= 0.6 is 23.4 Å². The minimum atomic E-state index is -0.680. The lowest BCUT2D eigenvalue weighted by molar-refractivity contribution is -0.113. The van der Waals surface area contributed by atoms with Crippen molar-refractivity contribution >= 4 is 74.7 Å². The standard InChI is InChI=1S/C37H27ClFN3O3S/c1-23(37(45)42-33-19-7-5-15-27(33)28-16-6-8-20-34(28)42)46-26-14-9-13-25(21-26)40-36(44)32(22-29-30(38)17-10-18-31(29)39)41-35(43)24-11-3-2-4-12-24/h2-23H,1H3,(H,40,44)(H,41,43)/b32-22-. The molecule has 0 saturated heterocycles. The number of halogens is 2. The van der Waals surface area contributed by atoms with Gasteiger partial charge in [0.1, 0.15) is 11.5 Å². The Bertz CT molecular complexity index is 2070. The van der Waals surface area contributed by atoms with E-state index >= 15 is 0 Å². The molecule has 228 valence electrons. The number of aromatic nitrogens is 1. The summed E-state index contributed by atoms with van der Waals surface area (Å²) in [5.41, 5.74) is 2.19. The molecule has 1 heterocycles. The van der Waals surface area contributed by atoms with Crippen LogP contribution < -0.4 is 10.6 Å². The number of carbonyl (C=O) groups excluding carboxylic acids is 3. The van der Waals surface area contributed by atoms with Crippen LogP contribution in [0.1, 0.15) is 27.6 Å². The lowest BCUT2D eigenvalue weighted by Crippen LogP contribution is -2.30. The lowest BCUT2D eigenvalue weighted by atomic mass is 10.1. The van der Waals surface area contributed by atoms with Gasteiger partial charge in [0, 0.05) is 32.5 Å². The van der Waals surface area contributed by atoms with Gasteiger partial charge in [-0.1, -0.05) is 78.3 Å². The zero-order chi connectivity index (χ0) is 32.2. The highest BCUT2D eigenvalue weighted by Gasteiger charge is 2.22. The first-order valence-corrected chi connectivity index (χ1v) is 15.7. The molecule has 6 rings (SSSR count). The second-order valence-electron chi connectivity index (χ2n) is 10.5. The topological polar surface area (TPSA) is 80.2 Å². The summed E-state index contributed by atoms with van der Waals surface area (Å²) in [6.07, 6.45) is 1.21. The lowest BCUT2D eigenvalue weighted by Gasteiger charge is -2.15. The SMILES string of the molecule is CC(Sc1cccc(NC(=O)/C(=C/c2c(F)cccc2Cl)NC(=O)c2ccccc2)c1)C(=O)n1c2ccccc2c2ccccc21. The number of benzene rings is 5. The van der Waals surface area contributed by atoms with Gasteiger partial charge in [0.2, 0.25) is 5.91 Å². The Morgan fingerprint density at radius 3 is 2.11 bits per heavy atom. The van der Waals surface area contributed by atoms with Crippen molar-refractivity contribution in [2.24, 2.45) is 0 Å². The number of nitrogens with one attached hydrogen (secondary N) is 2. The summed E-state index contributed by atoms with van der Waals surface area (Å²) in [6.45, 7) is 1.85. The minimum Gasteiger partial charge on any atom is -0.321 e. The number of hydrogen-bond acceptors (Lipinski definition) is 4. The van der Waals surface area contributed by atoms with E-state index in [2.05, 4.69) is 10.6 Å². The van der Waals surface area contributed by atoms with Crippen LogP contribution in [0.4, 0.5) is 10.1 Å². The van der Waals surface area contributed by atoms with E-state index in [-0.39, 0.29) is 22.2 Å². The zero-order valence-electron chi connectivity index (χ0n) is 24.5. The molecule has 0 spiro atoms. The molecule has 1 aromatic heterocycles. The van der Waals surface area contributed by atoms with Crippen molar-refractivity contribution < 1.29 is 18.8 Å². The number of fused-ring (bicyclic) bond motifs is 3. The predicted octanol–water partition coefficient (Wildman–Crippen LogP) is 8.82. The molecule has 46 heavy (non-hydrogen) atoms. The minimum absolute atomic E-state index is 0.0376. The number of anilines is 1. The van der Waals surface area contributed by atoms with Crippen molar-refractivity contribution in [1.82, 2.24) is 9.88 Å². The fourth-order valence-electron chi connectivity index (χ4n) is 5.18. The molecule has 9 heteroatoms. The first-order valence-electron chi connectivity index (χ1n) is 14.4. The van der Waals surface area contributed by atoms with E-state index in [0.29, 0.717) is 11.3 Å². The molecule has 1 unspecified atom stereocenters. The largest absolute Gasteiger partial charge is 0.321 e. The van der Waals surface area contributed by atoms with Crippen LogP contribution in [0.15, 0.2) is 132 Å². The summed E-state index contributed by atoms with van der Waals surface area (Å²) in [7, 11) is 0. The number of thioether (sulfide) groups is 1. The average molecular weight is 648 g/mol. The molecule has 1 atom stereocenters. The van der Waals surface area contributed by atoms with Crippen molar-refractivity contribution in [1.29, 1.82) is 0 Å². The monoisotopic (exact) mass is 647 g/mol. The predicted molar refractivity (Wildman–Crippen MR) is 184 cm³/mol. The maximum absolute atomic E-state index is 14.7. The van der Waals surface area contributed by atoms with E-state index in [0.717, 1.165) is 26.7 Å². The molecule has 6 nitrogen and oxygen atoms in total. The van der Waals surface area contributed by atoms with Crippen LogP contribution in [-0.4, -0.2) is 27.5 Å². The molecular weight excluding hydrogens is 621 g/mol. The van der Waals surface area contributed by atoms with E-state index in [4.69, 9.17) is 11.6 Å². The van der Waals surface area contributed by atoms with Crippen molar-refractivity contribution in [3.05, 3.63) is 149 Å². The van der Waals surface area contributed by atoms with Crippen molar-refractivity contribution in [3.8, 4) is 0 Å². The van der Waals surface area contributed by atoms with Gasteiger partial charge in [-0.25, -0.2) is 4.39 Å². The van der Waals surface area contributed by atoms with Crippen LogP contribution in [0.5, 0.6) is 0 Å². The summed E-state index contributed by atoms with van der Waals surface area (Å²) in [5.74, 6) is -1.95. The first-order chi connectivity index (χ1) is 22.3. The Balaban J connectivity index is 1.24. The van der Waals surface area contributed by atoms with Crippen LogP contribution in [0.25, 0.3) is 27.9 Å². The van der Waals surface area contributed by atoms with Gasteiger partial charge in [0.15, 0.2) is 0 Å². The summed E-state index contributed by atoms with van der Waals surface area (Å²) in [5, 5.41) is 7.02. The van der Waals surface area contributed by atoms with E-state index in [1.165, 1.54) is 36.0 Å². The Morgan fingerprint density at radius 2 is 1.43 bits per heavy atom. The second kappa shape index (κ2) is 13.4. The maximum Gasteiger partial charge on any atom is 0.272 e. The van der Waals surface area contributed by atoms with Crippen LogP contribution in [0.3, 0.4) is 0 Å². The molecule has 0 aliphatic carbocycles. The van der Waals surface area contributed by atoms with Gasteiger partial charge >= 0.3 is 0 Å². The normalized spacial score (nSPS) is 12.2. The van der Waals surface area contributed by atoms with Crippen molar-refractivity contribution in [2.45, 2.75) is 17.1 Å². The summed E-state index contributed by atoms with van der Waals surface area (Å²) < 4.78 is 16.4. The van der Waals surface area contributed by atoms with E-state index in [1.807, 2.05) is 61.5 Å². The zero-order valence-corrected chi connectivity index (χ0v) is 26.1. The maximum atomic E-state index is 14.7. The van der Waals surface area contributed by atoms with Gasteiger partial charge in [-0.3, -0.25) is 19.0 Å². The van der Waals surface area contributed by atoms with Gasteiger partial charge in [0.25, 0.3) is 11.8 Å². The Kier molecular flexibility index (Phi) is 9.01. The molecule has 0 fully saturated rings. The van der Waals surface area contributed by atoms with E-state index in [1.54, 1.807) is 53.1 Å². The van der Waals surface area contributed by atoms with Crippen molar-refractivity contribution in [3.63, 3.8) is 0 Å². The van der Waals surface area contributed by atoms with Crippen LogP contribution in [0.2, 0.25) is 5.02 Å². The van der Waals surface area contributed by atoms with Gasteiger partial charge in [0.05, 0.1) is 21.3 Å². The fraction of sp³-hybridized carbons (Fsp3) is 0.0541. The smallest absolute Gasteiger partial charge is 0.272 e. The van der Waals surface area contributed by atoms with Crippen molar-refractivity contribution in [2.75, 3.05) is 5.32 Å². The number of hydrogen-bond donors (Lipinski definition) is 2. The Morgan fingerprint density at radius 1 is 0.804 bits per heavy atom. The molecule has 0 aliphatic rings. The van der Waals surface area contributed by atoms with Gasteiger partial charge < -0.3 is 10.6 Å². The number of carbonyl (C=O) groups is 3. The number of amides is 2. The van der Waals surface area contributed by atoms with E-state index in [9.17, 15) is 18.8 Å². The van der Waals surface area contributed by atoms with Crippen LogP contribution in [0, 0.1) is 5.82 Å². The number of rotatable bonds is 8. The molecule has 0 bridgehead atoms. The molecule has 2 N–H and O–H groups in total. The van der Waals surface area contributed by atoms with Gasteiger partial charge in [-0.15, -0.1) is 11.8 Å². The molecule has 5 aromatic carbocycles. The van der Waals surface area contributed by atoms with Crippen LogP contribution in [-0.2, 0) is 4.79 Å². The Labute approximate surface area is 273 Å². The molecule has 2 amide bonds. The summed E-state index contributed by atoms with van der Waals surface area (Å²) >= 11 is 7.59. The summed E-state index contributed by atoms with van der Waals surface area (Å²) in [4.78, 5) is 41.1. The molecule has 0 aliphatic heterocycles. The first kappa shape index (κ1) is 30.8. The highest BCUT2D eigenvalue weighted by atomic mass is 35.5. The second-order valence-corrected chi connectivity index (χ2v) is 12.3. The number of nitrogens with zero attached hydrogens (tertiary/aromatic N) is 1. The highest BCUT2D eigenvalue weighted by Crippen LogP contribution is 2.32. The summed E-state index contributed by atoms with van der Waals surface area (Å²) in [6, 6.07) is 35.2. The third-order valence-corrected chi connectivity index (χ3v) is 8.78. The fourth-order valence-corrected chi connectivity index (χ4v) is 6.36. The molecule has 0 saturated carbocycles. The average Bonchev–Trinajstić information content (AvgIpc) is 3.40. The quantitative estimate of drug-likeness (QED) is 0.128. The third-order valence-electron chi connectivity index (χ3n) is 7.37.